The molecule has 2 heterocycles. The quantitative estimate of drug-likeness (QED) is 0.680. The van der Waals surface area contributed by atoms with Gasteiger partial charge in [-0.25, -0.2) is 9.59 Å². The second-order valence-electron chi connectivity index (χ2n) is 9.77. The Balaban J connectivity index is 1.08. The minimum atomic E-state index is -0.225. The van der Waals surface area contributed by atoms with Crippen LogP contribution in [0.2, 0.25) is 0 Å². The van der Waals surface area contributed by atoms with E-state index in [0.29, 0.717) is 18.6 Å². The van der Waals surface area contributed by atoms with Crippen molar-refractivity contribution in [2.45, 2.75) is 76.5 Å². The van der Waals surface area contributed by atoms with Gasteiger partial charge in [0, 0.05) is 38.8 Å². The van der Waals surface area contributed by atoms with Crippen LogP contribution in [0.15, 0.2) is 30.3 Å². The predicted molar refractivity (Wildman–Crippen MR) is 127 cm³/mol. The fourth-order valence-corrected chi connectivity index (χ4v) is 5.10. The molecule has 0 atom stereocenters. The lowest BCUT2D eigenvalue weighted by atomic mass is 9.95. The maximum Gasteiger partial charge on any atom is 0.410 e. The Morgan fingerprint density at radius 1 is 0.848 bits per heavy atom. The van der Waals surface area contributed by atoms with Crippen LogP contribution in [-0.4, -0.2) is 66.9 Å². The summed E-state index contributed by atoms with van der Waals surface area (Å²) < 4.78 is 11.7. The lowest BCUT2D eigenvalue weighted by molar-refractivity contribution is -0.0143. The summed E-state index contributed by atoms with van der Waals surface area (Å²) in [5.41, 5.74) is 1.01. The Bertz CT molecular complexity index is 737. The van der Waals surface area contributed by atoms with E-state index in [0.717, 1.165) is 76.9 Å². The van der Waals surface area contributed by atoms with Gasteiger partial charge < -0.3 is 24.6 Å². The highest BCUT2D eigenvalue weighted by molar-refractivity contribution is 5.74. The monoisotopic (exact) mass is 457 g/mol. The van der Waals surface area contributed by atoms with Crippen molar-refractivity contribution in [2.24, 2.45) is 5.92 Å². The van der Waals surface area contributed by atoms with Gasteiger partial charge in [0.1, 0.15) is 6.61 Å². The summed E-state index contributed by atoms with van der Waals surface area (Å²) in [5.74, 6) is 0.482. The van der Waals surface area contributed by atoms with Crippen molar-refractivity contribution in [3.63, 3.8) is 0 Å². The predicted octanol–water partition coefficient (Wildman–Crippen LogP) is 4.56. The van der Waals surface area contributed by atoms with Gasteiger partial charge in [-0.05, 0) is 50.0 Å². The van der Waals surface area contributed by atoms with Gasteiger partial charge in [-0.1, -0.05) is 49.6 Å². The Labute approximate surface area is 197 Å². The maximum absolute atomic E-state index is 12.5. The molecule has 7 nitrogen and oxygen atoms in total. The number of carbonyl (C=O) groups excluding carboxylic acids is 2. The van der Waals surface area contributed by atoms with Crippen LogP contribution < -0.4 is 5.32 Å². The zero-order chi connectivity index (χ0) is 22.9. The third-order valence-electron chi connectivity index (χ3n) is 7.31. The number of nitrogens with one attached hydrogen (secondary N) is 1. The van der Waals surface area contributed by atoms with Crippen molar-refractivity contribution in [3.8, 4) is 0 Å². The highest BCUT2D eigenvalue weighted by Crippen LogP contribution is 2.22. The number of carbonyl (C=O) groups is 2. The van der Waals surface area contributed by atoms with E-state index in [-0.39, 0.29) is 18.2 Å². The van der Waals surface area contributed by atoms with Gasteiger partial charge >= 0.3 is 12.1 Å². The van der Waals surface area contributed by atoms with Crippen molar-refractivity contribution < 1.29 is 19.1 Å². The van der Waals surface area contributed by atoms with Gasteiger partial charge in [-0.2, -0.15) is 0 Å². The number of piperidine rings is 2. The first kappa shape index (κ1) is 23.9. The van der Waals surface area contributed by atoms with E-state index < -0.39 is 0 Å². The molecule has 0 unspecified atom stereocenters. The van der Waals surface area contributed by atoms with Crippen LogP contribution in [0.4, 0.5) is 9.59 Å². The average Bonchev–Trinajstić information content (AvgIpc) is 2.88. The number of nitrogens with zero attached hydrogens (tertiary/aromatic N) is 2. The largest absolute Gasteiger partial charge is 0.445 e. The molecule has 7 heteroatoms. The summed E-state index contributed by atoms with van der Waals surface area (Å²) in [4.78, 5) is 28.6. The van der Waals surface area contributed by atoms with E-state index in [4.69, 9.17) is 9.47 Å². The van der Waals surface area contributed by atoms with Crippen LogP contribution >= 0.6 is 0 Å². The number of hydrogen-bond acceptors (Lipinski definition) is 4. The number of likely N-dealkylation sites (tertiary alicyclic amines) is 2. The van der Waals surface area contributed by atoms with Crippen LogP contribution in [0.25, 0.3) is 0 Å². The molecule has 1 aliphatic carbocycles. The second kappa shape index (κ2) is 12.3. The molecule has 0 radical (unpaired) electrons. The standard InChI is InChI=1S/C26H39N3O4/c30-25(27-23-9-5-2-6-10-23)28-17-13-24(14-18-28)32-19-22-11-15-29(16-12-22)26(31)33-20-21-7-3-1-4-8-21/h1,3-4,7-8,22-24H,2,5-6,9-20H2,(H,27,30). The number of benzene rings is 1. The minimum absolute atomic E-state index is 0.104. The molecule has 3 fully saturated rings. The molecule has 1 saturated carbocycles. The van der Waals surface area contributed by atoms with Crippen molar-refractivity contribution in [2.75, 3.05) is 32.8 Å². The minimum Gasteiger partial charge on any atom is -0.445 e. The number of urea groups is 1. The first-order chi connectivity index (χ1) is 16.2. The molecule has 182 valence electrons. The summed E-state index contributed by atoms with van der Waals surface area (Å²) in [5, 5.41) is 3.22. The van der Waals surface area contributed by atoms with Gasteiger partial charge in [0.25, 0.3) is 0 Å². The highest BCUT2D eigenvalue weighted by atomic mass is 16.6. The average molecular weight is 458 g/mol. The van der Waals surface area contributed by atoms with Crippen LogP contribution in [0, 0.1) is 5.92 Å². The maximum atomic E-state index is 12.5. The SMILES string of the molecule is O=C(NC1CCCCC1)N1CCC(OCC2CCN(C(=O)OCc3ccccc3)CC2)CC1. The molecule has 1 aromatic carbocycles. The molecule has 3 amide bonds. The number of rotatable bonds is 6. The van der Waals surface area contributed by atoms with Gasteiger partial charge in [0.05, 0.1) is 6.10 Å². The molecule has 4 rings (SSSR count). The lowest BCUT2D eigenvalue weighted by Gasteiger charge is -2.35. The Hall–Kier alpha value is -2.28. The molecular formula is C26H39N3O4. The molecule has 0 aromatic heterocycles. The zero-order valence-corrected chi connectivity index (χ0v) is 19.8. The van der Waals surface area contributed by atoms with E-state index >= 15 is 0 Å². The molecule has 1 aromatic rings. The molecule has 1 N–H and O–H groups in total. The summed E-state index contributed by atoms with van der Waals surface area (Å²) >= 11 is 0. The first-order valence-corrected chi connectivity index (χ1v) is 12.8. The molecule has 0 spiro atoms. The van der Waals surface area contributed by atoms with Crippen LogP contribution in [0.5, 0.6) is 0 Å². The van der Waals surface area contributed by atoms with Gasteiger partial charge in [0.15, 0.2) is 0 Å². The summed E-state index contributed by atoms with van der Waals surface area (Å²) in [7, 11) is 0. The van der Waals surface area contributed by atoms with Crippen molar-refractivity contribution in [1.82, 2.24) is 15.1 Å². The summed E-state index contributed by atoms with van der Waals surface area (Å²) in [6, 6.07) is 10.2. The van der Waals surface area contributed by atoms with Crippen molar-refractivity contribution in [3.05, 3.63) is 35.9 Å². The van der Waals surface area contributed by atoms with Gasteiger partial charge in [0.2, 0.25) is 0 Å². The van der Waals surface area contributed by atoms with E-state index in [9.17, 15) is 9.59 Å². The summed E-state index contributed by atoms with van der Waals surface area (Å²) in [6.07, 6.45) is 9.71. The van der Waals surface area contributed by atoms with Crippen molar-refractivity contribution in [1.29, 1.82) is 0 Å². The fourth-order valence-electron chi connectivity index (χ4n) is 5.10. The number of amides is 3. The van der Waals surface area contributed by atoms with Crippen LogP contribution in [0.1, 0.15) is 63.4 Å². The Morgan fingerprint density at radius 3 is 2.21 bits per heavy atom. The first-order valence-electron chi connectivity index (χ1n) is 12.8. The van der Waals surface area contributed by atoms with Crippen LogP contribution in [0.3, 0.4) is 0 Å². The van der Waals surface area contributed by atoms with Gasteiger partial charge in [-0.15, -0.1) is 0 Å². The van der Waals surface area contributed by atoms with E-state index in [1.165, 1.54) is 19.3 Å². The zero-order valence-electron chi connectivity index (χ0n) is 19.8. The molecule has 3 aliphatic rings. The van der Waals surface area contributed by atoms with E-state index in [2.05, 4.69) is 5.32 Å². The normalized spacial score (nSPS) is 21.1. The van der Waals surface area contributed by atoms with Gasteiger partial charge in [-0.3, -0.25) is 0 Å². The third-order valence-corrected chi connectivity index (χ3v) is 7.31. The van der Waals surface area contributed by atoms with Crippen LogP contribution in [-0.2, 0) is 16.1 Å². The highest BCUT2D eigenvalue weighted by Gasteiger charge is 2.28. The topological polar surface area (TPSA) is 71.1 Å². The molecule has 0 bridgehead atoms. The van der Waals surface area contributed by atoms with E-state index in [1.54, 1.807) is 0 Å². The summed E-state index contributed by atoms with van der Waals surface area (Å²) in [6.45, 7) is 4.05. The Morgan fingerprint density at radius 2 is 1.52 bits per heavy atom. The lowest BCUT2D eigenvalue weighted by Crippen LogP contribution is -2.49. The molecule has 2 saturated heterocycles. The number of ether oxygens (including phenoxy) is 2. The molecule has 2 aliphatic heterocycles. The third kappa shape index (κ3) is 7.36. The Kier molecular flexibility index (Phi) is 8.86. The van der Waals surface area contributed by atoms with Crippen molar-refractivity contribution >= 4 is 12.1 Å². The molecular weight excluding hydrogens is 418 g/mol. The second-order valence-corrected chi connectivity index (χ2v) is 9.77. The fraction of sp³-hybridized carbons (Fsp3) is 0.692. The smallest absolute Gasteiger partial charge is 0.410 e. The number of hydrogen-bond donors (Lipinski definition) is 1. The van der Waals surface area contributed by atoms with E-state index in [1.807, 2.05) is 40.1 Å². The molecule has 33 heavy (non-hydrogen) atoms.